The van der Waals surface area contributed by atoms with E-state index in [1.54, 1.807) is 6.92 Å². The predicted molar refractivity (Wildman–Crippen MR) is 126 cm³/mol. The Morgan fingerprint density at radius 1 is 0.875 bits per heavy atom. The number of hydrogen-bond acceptors (Lipinski definition) is 4. The number of amides is 2. The van der Waals surface area contributed by atoms with Crippen LogP contribution in [-0.4, -0.2) is 29.0 Å². The summed E-state index contributed by atoms with van der Waals surface area (Å²) in [4.78, 5) is 27.4. The zero-order valence-electron chi connectivity index (χ0n) is 18.1. The highest BCUT2D eigenvalue weighted by atomic mass is 16.6. The van der Waals surface area contributed by atoms with Crippen LogP contribution >= 0.6 is 0 Å². The predicted octanol–water partition coefficient (Wildman–Crippen LogP) is 5.56. The van der Waals surface area contributed by atoms with Crippen LogP contribution in [0.3, 0.4) is 0 Å². The molecule has 0 aromatic heterocycles. The second-order valence-corrected chi connectivity index (χ2v) is 8.09. The highest BCUT2D eigenvalue weighted by molar-refractivity contribution is 6.00. The van der Waals surface area contributed by atoms with Crippen LogP contribution in [-0.2, 0) is 16.1 Å². The Labute approximate surface area is 188 Å². The van der Waals surface area contributed by atoms with Gasteiger partial charge in [0.05, 0.1) is 0 Å². The lowest BCUT2D eigenvalue weighted by atomic mass is 9.98. The number of rotatable bonds is 6. The Morgan fingerprint density at radius 3 is 2.16 bits per heavy atom. The van der Waals surface area contributed by atoms with Crippen LogP contribution < -0.4 is 10.6 Å². The first-order chi connectivity index (χ1) is 15.5. The number of ether oxygens (including phenoxy) is 1. The van der Waals surface area contributed by atoms with Gasteiger partial charge in [0.15, 0.2) is 0 Å². The van der Waals surface area contributed by atoms with Gasteiger partial charge >= 0.3 is 6.09 Å². The number of nitrogens with one attached hydrogen (secondary N) is 2. The second kappa shape index (κ2) is 9.56. The number of benzene rings is 3. The van der Waals surface area contributed by atoms with Gasteiger partial charge in [-0.15, -0.1) is 0 Å². The zero-order valence-corrected chi connectivity index (χ0v) is 18.1. The maximum Gasteiger partial charge on any atom is 0.410 e. The van der Waals surface area contributed by atoms with Gasteiger partial charge in [0.25, 0.3) is 0 Å². The van der Waals surface area contributed by atoms with E-state index in [-0.39, 0.29) is 12.5 Å². The molecule has 0 radical (unpaired) electrons. The highest BCUT2D eigenvalue weighted by Crippen LogP contribution is 2.31. The first kappa shape index (κ1) is 21.4. The van der Waals surface area contributed by atoms with Gasteiger partial charge in [0.1, 0.15) is 12.1 Å². The molecular formula is C26H27N3O3. The molecule has 32 heavy (non-hydrogen) atoms. The number of likely N-dealkylation sites (tertiary alicyclic amines) is 1. The molecule has 1 unspecified atom stereocenters. The van der Waals surface area contributed by atoms with Crippen LogP contribution in [0.25, 0.3) is 0 Å². The monoisotopic (exact) mass is 429 g/mol. The van der Waals surface area contributed by atoms with Crippen LogP contribution in [0.15, 0.2) is 84.9 Å². The van der Waals surface area contributed by atoms with Crippen LogP contribution in [0.1, 0.15) is 25.3 Å². The minimum Gasteiger partial charge on any atom is -0.445 e. The summed E-state index contributed by atoms with van der Waals surface area (Å²) in [7, 11) is 0. The molecule has 1 aliphatic rings. The Morgan fingerprint density at radius 2 is 1.47 bits per heavy atom. The molecule has 6 heteroatoms. The van der Waals surface area contributed by atoms with Gasteiger partial charge in [-0.25, -0.2) is 4.79 Å². The molecule has 0 aliphatic carbocycles. The quantitative estimate of drug-likeness (QED) is 0.538. The molecule has 4 rings (SSSR count). The van der Waals surface area contributed by atoms with E-state index in [0.29, 0.717) is 18.7 Å². The molecule has 1 aliphatic heterocycles. The minimum atomic E-state index is -0.950. The van der Waals surface area contributed by atoms with E-state index in [2.05, 4.69) is 10.6 Å². The van der Waals surface area contributed by atoms with Crippen molar-refractivity contribution < 1.29 is 14.3 Å². The van der Waals surface area contributed by atoms with Gasteiger partial charge in [-0.3, -0.25) is 9.69 Å². The van der Waals surface area contributed by atoms with Gasteiger partial charge in [0.2, 0.25) is 5.91 Å². The molecule has 1 saturated heterocycles. The summed E-state index contributed by atoms with van der Waals surface area (Å²) in [5.74, 6) is -0.213. The average molecular weight is 430 g/mol. The second-order valence-electron chi connectivity index (χ2n) is 8.09. The molecule has 6 nitrogen and oxygen atoms in total. The molecule has 2 amide bonds. The van der Waals surface area contributed by atoms with Crippen LogP contribution in [0, 0.1) is 0 Å². The molecule has 1 fully saturated rings. The molecule has 3 aromatic carbocycles. The van der Waals surface area contributed by atoms with E-state index in [1.807, 2.05) is 84.9 Å². The number of para-hydroxylation sites is 1. The van der Waals surface area contributed by atoms with Gasteiger partial charge in [0, 0.05) is 23.6 Å². The van der Waals surface area contributed by atoms with E-state index in [1.165, 1.54) is 4.90 Å². The molecule has 1 heterocycles. The largest absolute Gasteiger partial charge is 0.445 e. The van der Waals surface area contributed by atoms with Crippen molar-refractivity contribution in [3.8, 4) is 0 Å². The molecule has 164 valence electrons. The summed E-state index contributed by atoms with van der Waals surface area (Å²) in [6, 6.07) is 26.9. The van der Waals surface area contributed by atoms with E-state index < -0.39 is 11.6 Å². The van der Waals surface area contributed by atoms with Crippen molar-refractivity contribution in [3.63, 3.8) is 0 Å². The fraction of sp³-hybridized carbons (Fsp3) is 0.231. The summed E-state index contributed by atoms with van der Waals surface area (Å²) in [5, 5.41) is 6.27. The first-order valence-electron chi connectivity index (χ1n) is 10.8. The number of nitrogens with zero attached hydrogens (tertiary/aromatic N) is 1. The number of carbonyl (C=O) groups is 2. The van der Waals surface area contributed by atoms with Gasteiger partial charge in [-0.2, -0.15) is 0 Å². The Kier molecular flexibility index (Phi) is 6.40. The molecule has 0 spiro atoms. The van der Waals surface area contributed by atoms with Crippen molar-refractivity contribution in [1.82, 2.24) is 4.90 Å². The lowest BCUT2D eigenvalue weighted by Gasteiger charge is -2.33. The standard InChI is InChI=1S/C26H27N3O3/c1-26(17-8-18-29(26)25(31)32-19-20-9-4-2-5-10-20)24(30)28-23-15-13-22(14-16-23)27-21-11-6-3-7-12-21/h2-7,9-16,27H,8,17-19H2,1H3,(H,28,30). The normalized spacial score (nSPS) is 17.6. The third kappa shape index (κ3) is 4.91. The lowest BCUT2D eigenvalue weighted by molar-refractivity contribution is -0.125. The summed E-state index contributed by atoms with van der Waals surface area (Å²) < 4.78 is 5.48. The Balaban J connectivity index is 1.37. The zero-order chi connectivity index (χ0) is 22.4. The topological polar surface area (TPSA) is 70.7 Å². The van der Waals surface area contributed by atoms with Crippen molar-refractivity contribution >= 4 is 29.1 Å². The van der Waals surface area contributed by atoms with Gasteiger partial charge < -0.3 is 15.4 Å². The smallest absolute Gasteiger partial charge is 0.410 e. The van der Waals surface area contributed by atoms with Crippen LogP contribution in [0.5, 0.6) is 0 Å². The van der Waals surface area contributed by atoms with Gasteiger partial charge in [-0.05, 0) is 61.7 Å². The molecule has 3 aromatic rings. The third-order valence-corrected chi connectivity index (χ3v) is 5.76. The molecule has 1 atom stereocenters. The van der Waals surface area contributed by atoms with Crippen molar-refractivity contribution in [3.05, 3.63) is 90.5 Å². The fourth-order valence-electron chi connectivity index (χ4n) is 3.88. The summed E-state index contributed by atoms with van der Waals surface area (Å²) in [5.41, 5.74) is 2.56. The third-order valence-electron chi connectivity index (χ3n) is 5.76. The molecule has 0 saturated carbocycles. The van der Waals surface area contributed by atoms with Crippen LogP contribution in [0.4, 0.5) is 21.9 Å². The number of hydrogen-bond donors (Lipinski definition) is 2. The molecular weight excluding hydrogens is 402 g/mol. The lowest BCUT2D eigenvalue weighted by Crippen LogP contribution is -2.53. The van der Waals surface area contributed by atoms with E-state index in [0.717, 1.165) is 23.4 Å². The van der Waals surface area contributed by atoms with E-state index in [4.69, 9.17) is 4.74 Å². The van der Waals surface area contributed by atoms with Crippen molar-refractivity contribution in [2.24, 2.45) is 0 Å². The fourth-order valence-corrected chi connectivity index (χ4v) is 3.88. The summed E-state index contributed by atoms with van der Waals surface area (Å²) in [6.45, 7) is 2.48. The van der Waals surface area contributed by atoms with E-state index in [9.17, 15) is 9.59 Å². The van der Waals surface area contributed by atoms with Gasteiger partial charge in [-0.1, -0.05) is 48.5 Å². The van der Waals surface area contributed by atoms with E-state index >= 15 is 0 Å². The summed E-state index contributed by atoms with van der Waals surface area (Å²) in [6.07, 6.45) is 0.878. The van der Waals surface area contributed by atoms with Crippen LogP contribution in [0.2, 0.25) is 0 Å². The average Bonchev–Trinajstić information content (AvgIpc) is 3.23. The van der Waals surface area contributed by atoms with Crippen molar-refractivity contribution in [2.75, 3.05) is 17.2 Å². The van der Waals surface area contributed by atoms with Crippen molar-refractivity contribution in [1.29, 1.82) is 0 Å². The maximum absolute atomic E-state index is 13.1. The Bertz CT molecular complexity index is 1050. The SMILES string of the molecule is CC1(C(=O)Nc2ccc(Nc3ccccc3)cc2)CCCN1C(=O)OCc1ccccc1. The minimum absolute atomic E-state index is 0.184. The number of carbonyl (C=O) groups excluding carboxylic acids is 2. The Hall–Kier alpha value is -3.80. The van der Waals surface area contributed by atoms with Crippen molar-refractivity contribution in [2.45, 2.75) is 31.9 Å². The number of anilines is 3. The maximum atomic E-state index is 13.1. The first-order valence-corrected chi connectivity index (χ1v) is 10.8. The molecule has 0 bridgehead atoms. The summed E-state index contributed by atoms with van der Waals surface area (Å²) >= 11 is 0. The highest BCUT2D eigenvalue weighted by Gasteiger charge is 2.46. The molecule has 2 N–H and O–H groups in total.